The molecule has 0 atom stereocenters. The van der Waals surface area contributed by atoms with Crippen LogP contribution in [0.2, 0.25) is 0 Å². The Kier molecular flexibility index (Phi) is 9.33. The summed E-state index contributed by atoms with van der Waals surface area (Å²) in [6.45, 7) is 7.67. The topological polar surface area (TPSA) is 52.6 Å². The molecule has 0 spiro atoms. The highest BCUT2D eigenvalue weighted by atomic mass is 127. The van der Waals surface area contributed by atoms with E-state index in [4.69, 9.17) is 0 Å². The Morgan fingerprint density at radius 2 is 1.90 bits per heavy atom. The van der Waals surface area contributed by atoms with E-state index in [-0.39, 0.29) is 35.2 Å². The summed E-state index contributed by atoms with van der Waals surface area (Å²) >= 11 is 0. The summed E-state index contributed by atoms with van der Waals surface area (Å²) in [5, 5.41) is 6.74. The van der Waals surface area contributed by atoms with E-state index in [2.05, 4.69) is 45.4 Å². The zero-order valence-electron chi connectivity index (χ0n) is 18.1. The van der Waals surface area contributed by atoms with Gasteiger partial charge in [0.15, 0.2) is 5.96 Å². The summed E-state index contributed by atoms with van der Waals surface area (Å²) in [6, 6.07) is 11.0. The van der Waals surface area contributed by atoms with Gasteiger partial charge in [-0.05, 0) is 54.7 Å². The van der Waals surface area contributed by atoms with E-state index in [9.17, 15) is 4.39 Å². The van der Waals surface area contributed by atoms with Crippen LogP contribution in [-0.4, -0.2) is 37.6 Å². The summed E-state index contributed by atoms with van der Waals surface area (Å²) in [5.74, 6) is 1.57. The number of anilines is 1. The van der Waals surface area contributed by atoms with Crippen molar-refractivity contribution >= 4 is 35.8 Å². The number of piperidine rings is 1. The van der Waals surface area contributed by atoms with E-state index in [1.165, 1.54) is 30.9 Å². The molecule has 2 aromatic rings. The maximum Gasteiger partial charge on any atom is 0.191 e. The molecule has 30 heavy (non-hydrogen) atoms. The first-order chi connectivity index (χ1) is 14.0. The summed E-state index contributed by atoms with van der Waals surface area (Å²) in [5.41, 5.74) is 1.91. The smallest absolute Gasteiger partial charge is 0.191 e. The van der Waals surface area contributed by atoms with E-state index >= 15 is 0 Å². The second-order valence-electron chi connectivity index (χ2n) is 8.24. The number of hydrogen-bond donors (Lipinski definition) is 2. The lowest BCUT2D eigenvalue weighted by Crippen LogP contribution is -2.43. The Labute approximate surface area is 196 Å². The largest absolute Gasteiger partial charge is 0.357 e. The first-order valence-electron chi connectivity index (χ1n) is 10.4. The number of rotatable bonds is 6. The first-order valence-corrected chi connectivity index (χ1v) is 10.4. The lowest BCUT2D eigenvalue weighted by atomic mass is 9.84. The van der Waals surface area contributed by atoms with Gasteiger partial charge in [0.05, 0.1) is 0 Å². The van der Waals surface area contributed by atoms with Crippen LogP contribution in [0.4, 0.5) is 10.2 Å². The Morgan fingerprint density at radius 1 is 1.13 bits per heavy atom. The summed E-state index contributed by atoms with van der Waals surface area (Å²) < 4.78 is 13.6. The van der Waals surface area contributed by atoms with Crippen LogP contribution in [0.25, 0.3) is 0 Å². The van der Waals surface area contributed by atoms with Gasteiger partial charge in [-0.25, -0.2) is 9.37 Å². The molecule has 3 rings (SSSR count). The van der Waals surface area contributed by atoms with Gasteiger partial charge in [0, 0.05) is 44.8 Å². The van der Waals surface area contributed by atoms with Crippen molar-refractivity contribution in [3.05, 3.63) is 59.5 Å². The third kappa shape index (κ3) is 6.82. The highest BCUT2D eigenvalue weighted by Gasteiger charge is 2.21. The number of benzene rings is 1. The van der Waals surface area contributed by atoms with Crippen molar-refractivity contribution in [3.8, 4) is 0 Å². The van der Waals surface area contributed by atoms with Crippen molar-refractivity contribution in [2.24, 2.45) is 4.99 Å². The summed E-state index contributed by atoms with van der Waals surface area (Å²) in [4.78, 5) is 11.2. The van der Waals surface area contributed by atoms with Crippen LogP contribution >= 0.6 is 24.0 Å². The molecule has 0 saturated carbocycles. The maximum atomic E-state index is 13.6. The molecule has 1 aliphatic heterocycles. The van der Waals surface area contributed by atoms with E-state index in [1.54, 1.807) is 19.2 Å². The number of pyridine rings is 1. The van der Waals surface area contributed by atoms with Gasteiger partial charge in [0.25, 0.3) is 0 Å². The van der Waals surface area contributed by atoms with Crippen molar-refractivity contribution in [3.63, 3.8) is 0 Å². The third-order valence-electron chi connectivity index (χ3n) is 5.48. The SMILES string of the molecule is CN=C(NCc1ccnc(N2CCCCC2)c1)NCC(C)(C)c1cccc(F)c1.I. The van der Waals surface area contributed by atoms with Crippen LogP contribution in [0.1, 0.15) is 44.2 Å². The van der Waals surface area contributed by atoms with Gasteiger partial charge >= 0.3 is 0 Å². The minimum atomic E-state index is -0.224. The molecule has 0 radical (unpaired) electrons. The zero-order valence-corrected chi connectivity index (χ0v) is 20.4. The van der Waals surface area contributed by atoms with Crippen LogP contribution in [0.15, 0.2) is 47.6 Å². The molecule has 1 aliphatic rings. The van der Waals surface area contributed by atoms with Gasteiger partial charge in [-0.2, -0.15) is 0 Å². The maximum absolute atomic E-state index is 13.6. The van der Waals surface area contributed by atoms with E-state index in [0.717, 1.165) is 30.4 Å². The fraction of sp³-hybridized carbons (Fsp3) is 0.478. The molecule has 1 fully saturated rings. The Morgan fingerprint density at radius 3 is 2.60 bits per heavy atom. The van der Waals surface area contributed by atoms with Crippen LogP contribution in [0, 0.1) is 5.82 Å². The van der Waals surface area contributed by atoms with Gasteiger partial charge in [-0.1, -0.05) is 26.0 Å². The van der Waals surface area contributed by atoms with E-state index in [1.807, 2.05) is 18.3 Å². The zero-order chi connectivity index (χ0) is 20.7. The van der Waals surface area contributed by atoms with Crippen LogP contribution < -0.4 is 15.5 Å². The summed E-state index contributed by atoms with van der Waals surface area (Å²) in [7, 11) is 1.76. The molecule has 0 bridgehead atoms. The van der Waals surface area contributed by atoms with Crippen LogP contribution in [0.5, 0.6) is 0 Å². The fourth-order valence-electron chi connectivity index (χ4n) is 3.59. The quantitative estimate of drug-likeness (QED) is 0.332. The number of aliphatic imine (C=N–C) groups is 1. The minimum absolute atomic E-state index is 0. The number of nitrogens with zero attached hydrogens (tertiary/aromatic N) is 3. The molecule has 164 valence electrons. The third-order valence-corrected chi connectivity index (χ3v) is 5.48. The van der Waals surface area contributed by atoms with Crippen molar-refractivity contribution in [2.75, 3.05) is 31.6 Å². The number of nitrogens with one attached hydrogen (secondary N) is 2. The Bertz CT molecular complexity index is 834. The standard InChI is InChI=1S/C23H32FN5.HI/c1-23(2,19-8-7-9-20(24)15-19)17-28-22(25-3)27-16-18-10-11-26-21(14-18)29-12-5-4-6-13-29;/h7-11,14-15H,4-6,12-13,16-17H2,1-3H3,(H2,25,27,28);1H. The van der Waals surface area contributed by atoms with E-state index < -0.39 is 0 Å². The molecule has 0 unspecified atom stereocenters. The Hall–Kier alpha value is -1.90. The average molecular weight is 525 g/mol. The van der Waals surface area contributed by atoms with Crippen LogP contribution in [-0.2, 0) is 12.0 Å². The number of halogens is 2. The normalized spacial score (nSPS) is 14.8. The number of aromatic nitrogens is 1. The molecule has 1 saturated heterocycles. The van der Waals surface area contributed by atoms with Crippen LogP contribution in [0.3, 0.4) is 0 Å². The van der Waals surface area contributed by atoms with Crippen molar-refractivity contribution < 1.29 is 4.39 Å². The number of hydrogen-bond acceptors (Lipinski definition) is 3. The minimum Gasteiger partial charge on any atom is -0.357 e. The molecule has 0 aliphatic carbocycles. The molecule has 0 amide bonds. The van der Waals surface area contributed by atoms with Crippen molar-refractivity contribution in [1.29, 1.82) is 0 Å². The van der Waals surface area contributed by atoms with Crippen molar-refractivity contribution in [1.82, 2.24) is 15.6 Å². The Balaban J connectivity index is 0.00000320. The molecule has 2 N–H and O–H groups in total. The number of guanidine groups is 1. The molecular weight excluding hydrogens is 492 g/mol. The lowest BCUT2D eigenvalue weighted by molar-refractivity contribution is 0.503. The molecule has 7 heteroatoms. The van der Waals surface area contributed by atoms with Gasteiger partial charge in [0.2, 0.25) is 0 Å². The highest BCUT2D eigenvalue weighted by molar-refractivity contribution is 14.0. The van der Waals surface area contributed by atoms with Gasteiger partial charge in [0.1, 0.15) is 11.6 Å². The van der Waals surface area contributed by atoms with Gasteiger partial charge in [-0.3, -0.25) is 4.99 Å². The molecule has 1 aromatic heterocycles. The average Bonchev–Trinajstić information content (AvgIpc) is 2.75. The van der Waals surface area contributed by atoms with E-state index in [0.29, 0.717) is 13.1 Å². The molecular formula is C23H33FIN5. The fourth-order valence-corrected chi connectivity index (χ4v) is 3.59. The predicted octanol–water partition coefficient (Wildman–Crippen LogP) is 4.47. The lowest BCUT2D eigenvalue weighted by Gasteiger charge is -2.28. The monoisotopic (exact) mass is 525 g/mol. The molecule has 2 heterocycles. The molecule has 1 aromatic carbocycles. The predicted molar refractivity (Wildman–Crippen MR) is 133 cm³/mol. The second kappa shape index (κ2) is 11.5. The second-order valence-corrected chi connectivity index (χ2v) is 8.24. The first kappa shape index (κ1) is 24.4. The van der Waals surface area contributed by atoms with Gasteiger partial charge in [-0.15, -0.1) is 24.0 Å². The summed E-state index contributed by atoms with van der Waals surface area (Å²) in [6.07, 6.45) is 5.67. The van der Waals surface area contributed by atoms with Gasteiger partial charge < -0.3 is 15.5 Å². The van der Waals surface area contributed by atoms with Crippen molar-refractivity contribution in [2.45, 2.75) is 45.1 Å². The molecule has 5 nitrogen and oxygen atoms in total. The highest BCUT2D eigenvalue weighted by Crippen LogP contribution is 2.23.